The molecule has 0 aromatic heterocycles. The quantitative estimate of drug-likeness (QED) is 0.254. The number of ether oxygens (including phenoxy) is 2. The fraction of sp³-hybridized carbons (Fsp3) is 0.192. The van der Waals surface area contributed by atoms with Gasteiger partial charge in [0.15, 0.2) is 11.5 Å². The first-order chi connectivity index (χ1) is 17.7. The minimum atomic E-state index is -4.52. The van der Waals surface area contributed by atoms with Crippen LogP contribution in [0, 0.1) is 0 Å². The molecule has 194 valence electrons. The van der Waals surface area contributed by atoms with Gasteiger partial charge in [-0.25, -0.2) is 5.43 Å². The van der Waals surface area contributed by atoms with Crippen LogP contribution in [-0.2, 0) is 22.4 Å². The minimum Gasteiger partial charge on any atom is -0.493 e. The van der Waals surface area contributed by atoms with E-state index >= 15 is 0 Å². The average molecular weight is 534 g/mol. The molecule has 2 N–H and O–H groups in total. The Morgan fingerprint density at radius 2 is 1.73 bits per heavy atom. The van der Waals surface area contributed by atoms with Crippen LogP contribution in [0.5, 0.6) is 11.5 Å². The number of carbonyl (C=O) groups excluding carboxylic acids is 2. The number of nitrogens with one attached hydrogen (secondary N) is 2. The molecule has 0 spiro atoms. The number of halogens is 4. The van der Waals surface area contributed by atoms with E-state index in [1.54, 1.807) is 24.3 Å². The normalized spacial score (nSPS) is 11.3. The molecule has 3 rings (SSSR count). The minimum absolute atomic E-state index is 0.00788. The maximum atomic E-state index is 12.8. The lowest BCUT2D eigenvalue weighted by Crippen LogP contribution is -2.20. The fourth-order valence-electron chi connectivity index (χ4n) is 3.11. The molecule has 0 heterocycles. The number of alkyl halides is 3. The number of nitrogens with zero attached hydrogens (tertiary/aromatic N) is 1. The van der Waals surface area contributed by atoms with Gasteiger partial charge < -0.3 is 14.8 Å². The number of amides is 2. The van der Waals surface area contributed by atoms with E-state index in [0.29, 0.717) is 22.1 Å². The first-order valence-corrected chi connectivity index (χ1v) is 11.4. The number of rotatable bonds is 10. The third kappa shape index (κ3) is 8.53. The Labute approximate surface area is 216 Å². The lowest BCUT2D eigenvalue weighted by atomic mass is 10.2. The summed E-state index contributed by atoms with van der Waals surface area (Å²) in [6.45, 7) is 0.251. The molecule has 3 aromatic rings. The number of hydrazone groups is 1. The highest BCUT2D eigenvalue weighted by Crippen LogP contribution is 2.31. The summed E-state index contributed by atoms with van der Waals surface area (Å²) >= 11 is 6.15. The van der Waals surface area contributed by atoms with Crippen molar-refractivity contribution in [1.82, 2.24) is 5.43 Å². The summed E-state index contributed by atoms with van der Waals surface area (Å²) in [5.41, 5.74) is 2.85. The summed E-state index contributed by atoms with van der Waals surface area (Å²) in [4.78, 5) is 24.0. The monoisotopic (exact) mass is 533 g/mol. The van der Waals surface area contributed by atoms with Crippen molar-refractivity contribution in [3.8, 4) is 11.5 Å². The molecule has 37 heavy (non-hydrogen) atoms. The van der Waals surface area contributed by atoms with E-state index < -0.39 is 23.6 Å². The second-order valence-electron chi connectivity index (χ2n) is 7.71. The second kappa shape index (κ2) is 12.8. The van der Waals surface area contributed by atoms with Crippen LogP contribution in [0.3, 0.4) is 0 Å². The Kier molecular flexibility index (Phi) is 9.51. The SMILES string of the molecule is COc1cc(C=NNC(=O)CCC(=O)Nc2cccc(C(F)(F)F)c2)ccc1OCc1ccccc1Cl. The van der Waals surface area contributed by atoms with Crippen molar-refractivity contribution in [2.24, 2.45) is 5.10 Å². The predicted molar refractivity (Wildman–Crippen MR) is 134 cm³/mol. The van der Waals surface area contributed by atoms with E-state index in [4.69, 9.17) is 21.1 Å². The van der Waals surface area contributed by atoms with Crippen molar-refractivity contribution in [2.75, 3.05) is 12.4 Å². The largest absolute Gasteiger partial charge is 0.493 e. The first kappa shape index (κ1) is 27.5. The van der Waals surface area contributed by atoms with Gasteiger partial charge in [0, 0.05) is 29.1 Å². The Balaban J connectivity index is 1.47. The van der Waals surface area contributed by atoms with Crippen molar-refractivity contribution in [3.05, 3.63) is 88.4 Å². The zero-order chi connectivity index (χ0) is 26.8. The zero-order valence-corrected chi connectivity index (χ0v) is 20.4. The molecule has 3 aromatic carbocycles. The van der Waals surface area contributed by atoms with Gasteiger partial charge in [0.05, 0.1) is 18.9 Å². The van der Waals surface area contributed by atoms with Crippen LogP contribution >= 0.6 is 11.6 Å². The highest BCUT2D eigenvalue weighted by atomic mass is 35.5. The number of methoxy groups -OCH3 is 1. The molecule has 0 bridgehead atoms. The van der Waals surface area contributed by atoms with Crippen LogP contribution in [0.25, 0.3) is 0 Å². The van der Waals surface area contributed by atoms with Gasteiger partial charge in [-0.15, -0.1) is 0 Å². The Bertz CT molecular complexity index is 1280. The van der Waals surface area contributed by atoms with Gasteiger partial charge in [-0.05, 0) is 48.0 Å². The van der Waals surface area contributed by atoms with Crippen molar-refractivity contribution in [2.45, 2.75) is 25.6 Å². The third-order valence-corrected chi connectivity index (χ3v) is 5.35. The molecule has 0 saturated heterocycles. The van der Waals surface area contributed by atoms with E-state index in [9.17, 15) is 22.8 Å². The smallest absolute Gasteiger partial charge is 0.416 e. The number of hydrogen-bond donors (Lipinski definition) is 2. The Hall–Kier alpha value is -4.05. The summed E-state index contributed by atoms with van der Waals surface area (Å²) in [5.74, 6) is -0.193. The van der Waals surface area contributed by atoms with Gasteiger partial charge in [-0.1, -0.05) is 35.9 Å². The lowest BCUT2D eigenvalue weighted by Gasteiger charge is -2.12. The highest BCUT2D eigenvalue weighted by Gasteiger charge is 2.30. The summed E-state index contributed by atoms with van der Waals surface area (Å²) in [5, 5.41) is 6.79. The number of benzene rings is 3. The summed E-state index contributed by atoms with van der Waals surface area (Å²) in [6.07, 6.45) is -3.57. The van der Waals surface area contributed by atoms with Crippen LogP contribution in [-0.4, -0.2) is 25.1 Å². The van der Waals surface area contributed by atoms with Gasteiger partial charge >= 0.3 is 6.18 Å². The molecule has 0 atom stereocenters. The van der Waals surface area contributed by atoms with Crippen LogP contribution in [0.4, 0.5) is 18.9 Å². The Morgan fingerprint density at radius 1 is 0.973 bits per heavy atom. The molecule has 0 aliphatic rings. The van der Waals surface area contributed by atoms with Crippen molar-refractivity contribution in [1.29, 1.82) is 0 Å². The highest BCUT2D eigenvalue weighted by molar-refractivity contribution is 6.31. The van der Waals surface area contributed by atoms with Crippen LogP contribution in [0.2, 0.25) is 5.02 Å². The van der Waals surface area contributed by atoms with Gasteiger partial charge in [-0.3, -0.25) is 9.59 Å². The van der Waals surface area contributed by atoms with E-state index in [1.165, 1.54) is 25.5 Å². The zero-order valence-electron chi connectivity index (χ0n) is 19.6. The molecule has 0 unspecified atom stereocenters. The number of hydrogen-bond acceptors (Lipinski definition) is 5. The van der Waals surface area contributed by atoms with Crippen molar-refractivity contribution in [3.63, 3.8) is 0 Å². The molecular weight excluding hydrogens is 511 g/mol. The molecule has 11 heteroatoms. The first-order valence-electron chi connectivity index (χ1n) is 11.0. The maximum Gasteiger partial charge on any atom is 0.416 e. The number of carbonyl (C=O) groups is 2. The van der Waals surface area contributed by atoms with Gasteiger partial charge in [-0.2, -0.15) is 18.3 Å². The molecule has 0 aliphatic carbocycles. The van der Waals surface area contributed by atoms with Gasteiger partial charge in [0.25, 0.3) is 0 Å². The second-order valence-corrected chi connectivity index (χ2v) is 8.12. The van der Waals surface area contributed by atoms with Gasteiger partial charge in [0.2, 0.25) is 11.8 Å². The summed E-state index contributed by atoms with van der Waals surface area (Å²) in [7, 11) is 1.49. The van der Waals surface area contributed by atoms with Crippen molar-refractivity contribution >= 4 is 35.3 Å². The van der Waals surface area contributed by atoms with E-state index in [1.807, 2.05) is 18.2 Å². The molecule has 0 aliphatic heterocycles. The fourth-order valence-corrected chi connectivity index (χ4v) is 3.30. The summed E-state index contributed by atoms with van der Waals surface area (Å²) < 4.78 is 49.5. The van der Waals surface area contributed by atoms with Gasteiger partial charge in [0.1, 0.15) is 6.61 Å². The molecule has 0 saturated carbocycles. The maximum absolute atomic E-state index is 12.8. The van der Waals surface area contributed by atoms with E-state index in [-0.39, 0.29) is 25.1 Å². The topological polar surface area (TPSA) is 89.0 Å². The molecule has 2 amide bonds. The van der Waals surface area contributed by atoms with Crippen LogP contribution in [0.15, 0.2) is 71.8 Å². The molecule has 0 fully saturated rings. The third-order valence-electron chi connectivity index (χ3n) is 4.98. The predicted octanol–water partition coefficient (Wildman–Crippen LogP) is 5.82. The summed E-state index contributed by atoms with van der Waals surface area (Å²) in [6, 6.07) is 16.6. The van der Waals surface area contributed by atoms with E-state index in [2.05, 4.69) is 15.8 Å². The van der Waals surface area contributed by atoms with Crippen LogP contribution in [0.1, 0.15) is 29.5 Å². The van der Waals surface area contributed by atoms with E-state index in [0.717, 1.165) is 17.7 Å². The van der Waals surface area contributed by atoms with Crippen molar-refractivity contribution < 1.29 is 32.2 Å². The average Bonchev–Trinajstić information content (AvgIpc) is 2.87. The number of anilines is 1. The molecular formula is C26H23ClF3N3O4. The lowest BCUT2D eigenvalue weighted by molar-refractivity contribution is -0.137. The molecule has 0 radical (unpaired) electrons. The Morgan fingerprint density at radius 3 is 2.46 bits per heavy atom. The molecule has 7 nitrogen and oxygen atoms in total. The van der Waals surface area contributed by atoms with Crippen LogP contribution < -0.4 is 20.2 Å². The standard InChI is InChI=1S/C26H23ClF3N3O4/c1-36-23-13-17(9-10-22(23)37-16-18-5-2-3-8-21(18)27)15-31-33-25(35)12-11-24(34)32-20-7-4-6-19(14-20)26(28,29)30/h2-10,13-15H,11-12,16H2,1H3,(H,32,34)(H,33,35).